The number of hydrogen-bond donors (Lipinski definition) is 1. The molecule has 0 amide bonds. The van der Waals surface area contributed by atoms with Crippen molar-refractivity contribution in [3.05, 3.63) is 6.33 Å². The largest absolute Gasteiger partial charge is 0.381 e. The molecule has 7 heteroatoms. The summed E-state index contributed by atoms with van der Waals surface area (Å²) < 4.78 is 27.6. The second-order valence-electron chi connectivity index (χ2n) is 4.68. The summed E-state index contributed by atoms with van der Waals surface area (Å²) in [7, 11) is -0.443. The smallest absolute Gasteiger partial charge is 0.262 e. The lowest BCUT2D eigenvalue weighted by molar-refractivity contribution is 0.256. The number of imidazole rings is 1. The van der Waals surface area contributed by atoms with Gasteiger partial charge in [-0.15, -0.1) is 0 Å². The Hall–Kier alpha value is -1.08. The van der Waals surface area contributed by atoms with Crippen LogP contribution < -0.4 is 5.73 Å². The Labute approximate surface area is 102 Å². The second kappa shape index (κ2) is 4.30. The van der Waals surface area contributed by atoms with Gasteiger partial charge in [0.2, 0.25) is 0 Å². The van der Waals surface area contributed by atoms with Gasteiger partial charge in [0.05, 0.1) is 6.33 Å². The molecule has 98 valence electrons. The van der Waals surface area contributed by atoms with Crippen LogP contribution in [0.5, 0.6) is 0 Å². The molecule has 1 aromatic heterocycles. The number of aryl methyl sites for hydroxylation is 1. The first kappa shape index (κ1) is 14.0. The summed E-state index contributed by atoms with van der Waals surface area (Å²) in [6, 6.07) is 0. The highest BCUT2D eigenvalue weighted by molar-refractivity contribution is 7.89. The molecule has 6 nitrogen and oxygen atoms in total. The van der Waals surface area contributed by atoms with Crippen LogP contribution in [0.15, 0.2) is 11.4 Å². The van der Waals surface area contributed by atoms with Gasteiger partial charge < -0.3 is 10.3 Å². The van der Waals surface area contributed by atoms with Crippen LogP contribution in [0.3, 0.4) is 0 Å². The van der Waals surface area contributed by atoms with Gasteiger partial charge in [-0.05, 0) is 20.3 Å². The van der Waals surface area contributed by atoms with E-state index in [0.29, 0.717) is 6.42 Å². The maximum Gasteiger partial charge on any atom is 0.262 e. The van der Waals surface area contributed by atoms with E-state index in [1.165, 1.54) is 15.2 Å². The monoisotopic (exact) mass is 260 g/mol. The van der Waals surface area contributed by atoms with Gasteiger partial charge in [-0.3, -0.25) is 0 Å². The normalized spacial score (nSPS) is 13.3. The minimum atomic E-state index is -3.62. The summed E-state index contributed by atoms with van der Waals surface area (Å²) in [5, 5.41) is 0.0431. The zero-order valence-corrected chi connectivity index (χ0v) is 11.7. The minimum Gasteiger partial charge on any atom is -0.381 e. The third-order valence-corrected chi connectivity index (χ3v) is 5.43. The zero-order valence-electron chi connectivity index (χ0n) is 10.9. The van der Waals surface area contributed by atoms with Gasteiger partial charge in [0.25, 0.3) is 10.0 Å². The third kappa shape index (κ3) is 2.30. The van der Waals surface area contributed by atoms with Crippen molar-refractivity contribution >= 4 is 15.8 Å². The van der Waals surface area contributed by atoms with Crippen LogP contribution in [-0.4, -0.2) is 34.9 Å². The molecular formula is C10H20N4O2S. The Balaban J connectivity index is 3.31. The lowest BCUT2D eigenvalue weighted by atomic mass is 10.0. The zero-order chi connectivity index (χ0) is 13.4. The molecule has 0 aliphatic carbocycles. The Morgan fingerprint density at radius 3 is 2.41 bits per heavy atom. The van der Waals surface area contributed by atoms with Gasteiger partial charge in [0.15, 0.2) is 10.8 Å². The molecule has 0 spiro atoms. The molecule has 0 atom stereocenters. The number of rotatable bonds is 4. The molecule has 0 saturated heterocycles. The number of nitrogens with zero attached hydrogens (tertiary/aromatic N) is 3. The predicted molar refractivity (Wildman–Crippen MR) is 66.9 cm³/mol. The number of aromatic nitrogens is 2. The molecule has 1 heterocycles. The van der Waals surface area contributed by atoms with Crippen LogP contribution in [0.25, 0.3) is 0 Å². The van der Waals surface area contributed by atoms with Crippen molar-refractivity contribution in [3.8, 4) is 0 Å². The summed E-state index contributed by atoms with van der Waals surface area (Å²) in [6.45, 7) is 5.69. The summed E-state index contributed by atoms with van der Waals surface area (Å²) >= 11 is 0. The number of sulfonamides is 1. The molecule has 0 radical (unpaired) electrons. The summed E-state index contributed by atoms with van der Waals surface area (Å²) in [5.41, 5.74) is 5.15. The second-order valence-corrected chi connectivity index (χ2v) is 6.57. The van der Waals surface area contributed by atoms with Crippen molar-refractivity contribution in [1.29, 1.82) is 0 Å². The van der Waals surface area contributed by atoms with Gasteiger partial charge in [-0.25, -0.2) is 13.4 Å². The molecule has 0 aliphatic rings. The minimum absolute atomic E-state index is 0.0336. The topological polar surface area (TPSA) is 81.2 Å². The average molecular weight is 260 g/mol. The quantitative estimate of drug-likeness (QED) is 0.868. The lowest BCUT2D eigenvalue weighted by Gasteiger charge is -2.33. The molecule has 17 heavy (non-hydrogen) atoms. The van der Waals surface area contributed by atoms with Crippen molar-refractivity contribution in [2.24, 2.45) is 7.05 Å². The molecule has 1 aromatic rings. The highest BCUT2D eigenvalue weighted by atomic mass is 32.2. The first-order valence-electron chi connectivity index (χ1n) is 5.40. The van der Waals surface area contributed by atoms with Crippen molar-refractivity contribution in [1.82, 2.24) is 13.9 Å². The van der Waals surface area contributed by atoms with Crippen LogP contribution in [-0.2, 0) is 17.1 Å². The van der Waals surface area contributed by atoms with Crippen LogP contribution >= 0.6 is 0 Å². The van der Waals surface area contributed by atoms with Gasteiger partial charge in [-0.2, -0.15) is 4.31 Å². The van der Waals surface area contributed by atoms with Crippen LogP contribution in [0.4, 0.5) is 5.82 Å². The maximum atomic E-state index is 12.4. The Morgan fingerprint density at radius 2 is 2.06 bits per heavy atom. The SMILES string of the molecule is CCC(C)(C)N(C)S(=O)(=O)c1c(N)ncn1C. The van der Waals surface area contributed by atoms with E-state index < -0.39 is 15.6 Å². The average Bonchev–Trinajstić information content (AvgIpc) is 2.57. The van der Waals surface area contributed by atoms with E-state index in [9.17, 15) is 8.42 Å². The molecule has 0 bridgehead atoms. The first-order valence-corrected chi connectivity index (χ1v) is 6.84. The van der Waals surface area contributed by atoms with E-state index in [0.717, 1.165) is 0 Å². The van der Waals surface area contributed by atoms with Gasteiger partial charge in [0.1, 0.15) is 0 Å². The summed E-state index contributed by atoms with van der Waals surface area (Å²) in [6.07, 6.45) is 2.11. The number of nitrogen functional groups attached to an aromatic ring is 1. The lowest BCUT2D eigenvalue weighted by Crippen LogP contribution is -2.45. The van der Waals surface area contributed by atoms with E-state index in [1.807, 2.05) is 20.8 Å². The fourth-order valence-corrected chi connectivity index (χ4v) is 3.20. The molecule has 0 saturated carbocycles. The van der Waals surface area contributed by atoms with Gasteiger partial charge >= 0.3 is 0 Å². The summed E-state index contributed by atoms with van der Waals surface area (Å²) in [4.78, 5) is 3.81. The highest BCUT2D eigenvalue weighted by Gasteiger charge is 2.35. The molecular weight excluding hydrogens is 240 g/mol. The van der Waals surface area contributed by atoms with Crippen molar-refractivity contribution < 1.29 is 8.42 Å². The van der Waals surface area contributed by atoms with E-state index in [4.69, 9.17) is 5.73 Å². The Bertz CT molecular complexity index is 485. The number of nitrogens with two attached hydrogens (primary N) is 1. The molecule has 0 aromatic carbocycles. The fourth-order valence-electron chi connectivity index (χ4n) is 1.43. The van der Waals surface area contributed by atoms with Crippen LogP contribution in [0.2, 0.25) is 0 Å². The molecule has 0 fully saturated rings. The van der Waals surface area contributed by atoms with E-state index >= 15 is 0 Å². The van der Waals surface area contributed by atoms with Crippen LogP contribution in [0, 0.1) is 0 Å². The predicted octanol–water partition coefficient (Wildman–Crippen LogP) is 0.811. The first-order chi connectivity index (χ1) is 7.64. The van der Waals surface area contributed by atoms with Gasteiger partial charge in [0, 0.05) is 19.6 Å². The fraction of sp³-hybridized carbons (Fsp3) is 0.700. The standard InChI is InChI=1S/C10H20N4O2S/c1-6-10(2,3)14(5)17(15,16)9-8(11)12-7-13(9)4/h7H,6,11H2,1-5H3. The van der Waals surface area contributed by atoms with Crippen molar-refractivity contribution in [2.75, 3.05) is 12.8 Å². The van der Waals surface area contributed by atoms with Crippen molar-refractivity contribution in [3.63, 3.8) is 0 Å². The molecule has 1 rings (SSSR count). The van der Waals surface area contributed by atoms with Crippen LogP contribution in [0.1, 0.15) is 27.2 Å². The molecule has 0 unspecified atom stereocenters. The van der Waals surface area contributed by atoms with E-state index in [2.05, 4.69) is 4.98 Å². The van der Waals surface area contributed by atoms with Gasteiger partial charge in [-0.1, -0.05) is 6.92 Å². The molecule has 2 N–H and O–H groups in total. The molecule has 0 aliphatic heterocycles. The van der Waals surface area contributed by atoms with Crippen molar-refractivity contribution in [2.45, 2.75) is 37.8 Å². The van der Waals surface area contributed by atoms with E-state index in [1.54, 1.807) is 14.1 Å². The highest BCUT2D eigenvalue weighted by Crippen LogP contribution is 2.27. The number of hydrogen-bond acceptors (Lipinski definition) is 4. The Kier molecular flexibility index (Phi) is 3.54. The Morgan fingerprint density at radius 1 is 1.53 bits per heavy atom. The summed E-state index contributed by atoms with van der Waals surface area (Å²) in [5.74, 6) is 0.0336. The maximum absolute atomic E-state index is 12.4. The van der Waals surface area contributed by atoms with E-state index in [-0.39, 0.29) is 10.8 Å². The third-order valence-electron chi connectivity index (χ3n) is 3.23. The number of anilines is 1.